The molecule has 94 valence electrons. The highest BCUT2D eigenvalue weighted by Gasteiger charge is 2.37. The van der Waals surface area contributed by atoms with Crippen molar-refractivity contribution < 1.29 is 4.43 Å². The maximum atomic E-state index is 8.47. The predicted octanol–water partition coefficient (Wildman–Crippen LogP) is 4.49. The maximum Gasteiger partial charge on any atom is 0.191 e. The lowest BCUT2D eigenvalue weighted by Gasteiger charge is -2.36. The molecule has 0 radical (unpaired) electrons. The molecule has 0 amide bonds. The zero-order valence-electron chi connectivity index (χ0n) is 11.4. The Morgan fingerprint density at radius 3 is 2.31 bits per heavy atom. The van der Waals surface area contributed by atoms with Gasteiger partial charge in [-0.3, -0.25) is 0 Å². The molecule has 0 aliphatic rings. The zero-order valence-corrected chi connectivity index (χ0v) is 12.4. The third-order valence-electron chi connectivity index (χ3n) is 3.28. The van der Waals surface area contributed by atoms with E-state index in [1.54, 1.807) is 0 Å². The van der Waals surface area contributed by atoms with Crippen molar-refractivity contribution in [3.05, 3.63) is 10.4 Å². The highest BCUT2D eigenvalue weighted by Crippen LogP contribution is 2.36. The van der Waals surface area contributed by atoms with Crippen molar-refractivity contribution in [1.82, 2.24) is 0 Å². The Kier molecular flexibility index (Phi) is 6.08. The van der Waals surface area contributed by atoms with Gasteiger partial charge in [0.2, 0.25) is 0 Å². The van der Waals surface area contributed by atoms with Crippen LogP contribution in [0.4, 0.5) is 0 Å². The molecule has 0 heterocycles. The lowest BCUT2D eigenvalue weighted by molar-refractivity contribution is 0.257. The average Bonchev–Trinajstić information content (AvgIpc) is 2.13. The fourth-order valence-corrected chi connectivity index (χ4v) is 2.14. The monoisotopic (exact) mass is 243 g/mol. The normalized spacial score (nSPS) is 14.4. The van der Waals surface area contributed by atoms with E-state index in [4.69, 9.17) is 9.96 Å². The van der Waals surface area contributed by atoms with Gasteiger partial charge in [-0.2, -0.15) is 0 Å². The van der Waals surface area contributed by atoms with E-state index in [1.165, 1.54) is 0 Å². The fraction of sp³-hybridized carbons (Fsp3) is 1.00. The van der Waals surface area contributed by atoms with Crippen molar-refractivity contribution in [2.24, 2.45) is 5.11 Å². The second-order valence-corrected chi connectivity index (χ2v) is 10.5. The molecule has 1 atom stereocenters. The smallest absolute Gasteiger partial charge is 0.191 e. The summed E-state index contributed by atoms with van der Waals surface area (Å²) < 4.78 is 6.04. The first-order chi connectivity index (χ1) is 7.24. The Hall–Kier alpha value is -0.513. The largest absolute Gasteiger partial charge is 0.416 e. The Labute approximate surface area is 100 Å². The zero-order chi connectivity index (χ0) is 12.8. The van der Waals surface area contributed by atoms with Crippen LogP contribution in [0.2, 0.25) is 18.1 Å². The molecule has 0 spiro atoms. The summed E-state index contributed by atoms with van der Waals surface area (Å²) in [7, 11) is -1.71. The SMILES string of the molecule is CCC[C@H](CO[Si](C)(C)C(C)(C)C)N=[N+]=[N-]. The van der Waals surface area contributed by atoms with Gasteiger partial charge in [-0.15, -0.1) is 0 Å². The summed E-state index contributed by atoms with van der Waals surface area (Å²) in [6, 6.07) is -0.0101. The highest BCUT2D eigenvalue weighted by atomic mass is 28.4. The third kappa shape index (κ3) is 5.01. The van der Waals surface area contributed by atoms with Gasteiger partial charge in [0.05, 0.1) is 6.04 Å². The van der Waals surface area contributed by atoms with Crippen molar-refractivity contribution in [3.63, 3.8) is 0 Å². The molecule has 0 aliphatic carbocycles. The molecule has 16 heavy (non-hydrogen) atoms. The van der Waals surface area contributed by atoms with E-state index in [9.17, 15) is 0 Å². The van der Waals surface area contributed by atoms with Crippen LogP contribution in [-0.4, -0.2) is 21.0 Å². The summed E-state index contributed by atoms with van der Waals surface area (Å²) in [6.45, 7) is 13.7. The lowest BCUT2D eigenvalue weighted by atomic mass is 10.2. The molecular weight excluding hydrogens is 218 g/mol. The minimum Gasteiger partial charge on any atom is -0.416 e. The minimum atomic E-state index is -1.71. The molecule has 0 aromatic heterocycles. The molecule has 4 nitrogen and oxygen atoms in total. The van der Waals surface area contributed by atoms with E-state index in [1.807, 2.05) is 0 Å². The molecule has 0 aromatic carbocycles. The highest BCUT2D eigenvalue weighted by molar-refractivity contribution is 6.74. The van der Waals surface area contributed by atoms with Gasteiger partial charge in [0.15, 0.2) is 8.32 Å². The van der Waals surface area contributed by atoms with Gasteiger partial charge in [0.25, 0.3) is 0 Å². The molecule has 0 fully saturated rings. The standard InChI is InChI=1S/C11H25N3OSi/c1-7-8-10(13-14-12)9-15-16(5,6)11(2,3)4/h10H,7-9H2,1-6H3/t10-/m1/s1. The van der Waals surface area contributed by atoms with Gasteiger partial charge in [-0.1, -0.05) is 39.2 Å². The number of hydrogen-bond acceptors (Lipinski definition) is 2. The summed E-state index contributed by atoms with van der Waals surface area (Å²) >= 11 is 0. The molecule has 0 rings (SSSR count). The van der Waals surface area contributed by atoms with Gasteiger partial charge in [-0.25, -0.2) is 0 Å². The summed E-state index contributed by atoms with van der Waals surface area (Å²) in [5, 5.41) is 3.99. The van der Waals surface area contributed by atoms with Crippen LogP contribution in [0, 0.1) is 0 Å². The number of rotatable bonds is 6. The average molecular weight is 243 g/mol. The third-order valence-corrected chi connectivity index (χ3v) is 7.78. The second-order valence-electron chi connectivity index (χ2n) is 5.72. The van der Waals surface area contributed by atoms with Crippen molar-refractivity contribution in [2.45, 2.75) is 64.7 Å². The summed E-state index contributed by atoms with van der Waals surface area (Å²) in [4.78, 5) is 2.88. The quantitative estimate of drug-likeness (QED) is 0.293. The molecule has 0 aliphatic heterocycles. The van der Waals surface area contributed by atoms with Crippen LogP contribution in [0.5, 0.6) is 0 Å². The van der Waals surface area contributed by atoms with E-state index in [0.29, 0.717) is 6.61 Å². The number of azide groups is 1. The Bertz CT molecular complexity index is 254. The summed E-state index contributed by atoms with van der Waals surface area (Å²) in [6.07, 6.45) is 1.92. The van der Waals surface area contributed by atoms with E-state index >= 15 is 0 Å². The lowest BCUT2D eigenvalue weighted by Crippen LogP contribution is -2.42. The predicted molar refractivity (Wildman–Crippen MR) is 71.0 cm³/mol. The fourth-order valence-electron chi connectivity index (χ4n) is 1.10. The Morgan fingerprint density at radius 1 is 1.38 bits per heavy atom. The van der Waals surface area contributed by atoms with Crippen LogP contribution >= 0.6 is 0 Å². The number of hydrogen-bond donors (Lipinski definition) is 0. The van der Waals surface area contributed by atoms with Crippen molar-refractivity contribution in [3.8, 4) is 0 Å². The van der Waals surface area contributed by atoms with Crippen LogP contribution in [0.1, 0.15) is 40.5 Å². The van der Waals surface area contributed by atoms with Gasteiger partial charge in [0, 0.05) is 11.5 Å². The van der Waals surface area contributed by atoms with Gasteiger partial charge in [-0.05, 0) is 30.1 Å². The molecule has 0 saturated carbocycles. The molecular formula is C11H25N3OSi. The maximum absolute atomic E-state index is 8.47. The van der Waals surface area contributed by atoms with Crippen molar-refractivity contribution in [2.75, 3.05) is 6.61 Å². The van der Waals surface area contributed by atoms with Crippen LogP contribution in [0.15, 0.2) is 5.11 Å². The van der Waals surface area contributed by atoms with Gasteiger partial charge in [0.1, 0.15) is 0 Å². The first-order valence-corrected chi connectivity index (χ1v) is 8.83. The summed E-state index contributed by atoms with van der Waals surface area (Å²) in [5.41, 5.74) is 8.47. The molecule has 0 saturated heterocycles. The number of nitrogens with zero attached hydrogens (tertiary/aromatic N) is 3. The van der Waals surface area contributed by atoms with Gasteiger partial charge < -0.3 is 4.43 Å². The van der Waals surface area contributed by atoms with Crippen LogP contribution in [0.25, 0.3) is 10.4 Å². The first-order valence-electron chi connectivity index (χ1n) is 5.92. The molecule has 0 aromatic rings. The van der Waals surface area contributed by atoms with Crippen LogP contribution in [0.3, 0.4) is 0 Å². The molecule has 5 heteroatoms. The Balaban J connectivity index is 4.35. The second kappa shape index (κ2) is 6.28. The van der Waals surface area contributed by atoms with E-state index in [-0.39, 0.29) is 11.1 Å². The minimum absolute atomic E-state index is 0.0101. The van der Waals surface area contributed by atoms with E-state index in [2.05, 4.69) is 50.8 Å². The van der Waals surface area contributed by atoms with Crippen molar-refractivity contribution >= 4 is 8.32 Å². The molecule has 0 unspecified atom stereocenters. The molecule has 0 bridgehead atoms. The van der Waals surface area contributed by atoms with Crippen molar-refractivity contribution in [1.29, 1.82) is 0 Å². The summed E-state index contributed by atoms with van der Waals surface area (Å²) in [5.74, 6) is 0. The van der Waals surface area contributed by atoms with Gasteiger partial charge >= 0.3 is 0 Å². The topological polar surface area (TPSA) is 58.0 Å². The first kappa shape index (κ1) is 15.5. The van der Waals surface area contributed by atoms with Crippen LogP contribution < -0.4 is 0 Å². The van der Waals surface area contributed by atoms with E-state index in [0.717, 1.165) is 12.8 Å². The Morgan fingerprint density at radius 2 is 1.94 bits per heavy atom. The van der Waals surface area contributed by atoms with E-state index < -0.39 is 8.32 Å². The van der Waals surface area contributed by atoms with Crippen LogP contribution in [-0.2, 0) is 4.43 Å². The molecule has 0 N–H and O–H groups in total.